The first-order chi connectivity index (χ1) is 18.6. The van der Waals surface area contributed by atoms with Crippen molar-refractivity contribution in [3.8, 4) is 0 Å². The summed E-state index contributed by atoms with van der Waals surface area (Å²) in [6.07, 6.45) is 8.13. The zero-order chi connectivity index (χ0) is 28.4. The lowest BCUT2D eigenvalue weighted by Gasteiger charge is -2.33. The number of carbonyl (C=O) groups excluding carboxylic acids is 2. The van der Waals surface area contributed by atoms with Gasteiger partial charge in [0, 0.05) is 30.6 Å². The van der Waals surface area contributed by atoms with E-state index in [0.29, 0.717) is 42.1 Å². The van der Waals surface area contributed by atoms with Crippen molar-refractivity contribution in [1.29, 1.82) is 0 Å². The Morgan fingerprint density at radius 3 is 2.36 bits per heavy atom. The number of nitrogens with zero attached hydrogens (tertiary/aromatic N) is 2. The van der Waals surface area contributed by atoms with Gasteiger partial charge in [-0.05, 0) is 62.3 Å². The zero-order valence-electron chi connectivity index (χ0n) is 23.4. The molecule has 0 aliphatic heterocycles. The van der Waals surface area contributed by atoms with Crippen LogP contribution in [0.25, 0.3) is 0 Å². The predicted molar refractivity (Wildman–Crippen MR) is 159 cm³/mol. The number of amides is 2. The highest BCUT2D eigenvalue weighted by Gasteiger charge is 2.30. The van der Waals surface area contributed by atoms with Crippen LogP contribution in [0.3, 0.4) is 0 Å². The first kappa shape index (κ1) is 31.0. The molecule has 214 valence electrons. The van der Waals surface area contributed by atoms with Crippen molar-refractivity contribution in [3.05, 3.63) is 64.7 Å². The summed E-state index contributed by atoms with van der Waals surface area (Å²) in [7, 11) is -3.59. The topological polar surface area (TPSA) is 86.8 Å². The molecule has 1 aliphatic rings. The Kier molecular flexibility index (Phi) is 11.7. The fourth-order valence-electron chi connectivity index (χ4n) is 5.29. The zero-order valence-corrected chi connectivity index (χ0v) is 24.9. The molecule has 1 atom stereocenters. The molecule has 0 bridgehead atoms. The lowest BCUT2D eigenvalue weighted by molar-refractivity contribution is -0.141. The van der Waals surface area contributed by atoms with Gasteiger partial charge in [0.05, 0.1) is 11.9 Å². The number of benzene rings is 2. The Morgan fingerprint density at radius 1 is 1.03 bits per heavy atom. The molecule has 1 saturated carbocycles. The molecule has 2 amide bonds. The molecule has 2 aromatic rings. The summed E-state index contributed by atoms with van der Waals surface area (Å²) in [6.45, 7) is 4.27. The van der Waals surface area contributed by atoms with Gasteiger partial charge in [-0.2, -0.15) is 0 Å². The van der Waals surface area contributed by atoms with E-state index in [1.54, 1.807) is 30.0 Å². The number of sulfonamides is 1. The van der Waals surface area contributed by atoms with Crippen LogP contribution < -0.4 is 9.62 Å². The number of halogens is 1. The van der Waals surface area contributed by atoms with E-state index in [0.717, 1.165) is 37.5 Å². The van der Waals surface area contributed by atoms with Crippen molar-refractivity contribution in [2.45, 2.75) is 83.7 Å². The van der Waals surface area contributed by atoms with Crippen LogP contribution in [0.5, 0.6) is 0 Å². The van der Waals surface area contributed by atoms with Crippen LogP contribution in [0.2, 0.25) is 5.02 Å². The highest BCUT2D eigenvalue weighted by molar-refractivity contribution is 7.92. The van der Waals surface area contributed by atoms with E-state index >= 15 is 0 Å². The van der Waals surface area contributed by atoms with Crippen LogP contribution in [0.1, 0.15) is 69.4 Å². The second kappa shape index (κ2) is 14.7. The maximum atomic E-state index is 13.6. The van der Waals surface area contributed by atoms with Crippen LogP contribution in [-0.2, 0) is 26.0 Å². The number of rotatable bonds is 13. The fraction of sp³-hybridized carbons (Fsp3) is 0.533. The number of anilines is 1. The minimum atomic E-state index is -3.59. The van der Waals surface area contributed by atoms with Crippen LogP contribution in [0.4, 0.5) is 5.69 Å². The SMILES string of the molecule is CC[C@@H](C(=O)NC1CCCCC1)N(CCc1ccccc1)C(=O)CCCN(c1cccc(Cl)c1C)S(C)(=O)=O. The number of hydrogen-bond donors (Lipinski definition) is 1. The maximum Gasteiger partial charge on any atom is 0.243 e. The summed E-state index contributed by atoms with van der Waals surface area (Å²) in [5, 5.41) is 3.68. The van der Waals surface area contributed by atoms with Gasteiger partial charge in [-0.3, -0.25) is 13.9 Å². The molecule has 0 aromatic heterocycles. The first-order valence-electron chi connectivity index (χ1n) is 14.0. The first-order valence-corrected chi connectivity index (χ1v) is 16.2. The molecule has 0 heterocycles. The molecular formula is C30H42ClN3O4S. The van der Waals surface area contributed by atoms with E-state index in [9.17, 15) is 18.0 Å². The third kappa shape index (κ3) is 8.97. The molecule has 0 saturated heterocycles. The molecule has 39 heavy (non-hydrogen) atoms. The molecule has 2 aromatic carbocycles. The molecule has 0 unspecified atom stereocenters. The lowest BCUT2D eigenvalue weighted by Crippen LogP contribution is -2.52. The van der Waals surface area contributed by atoms with Crippen LogP contribution in [0.15, 0.2) is 48.5 Å². The molecule has 1 aliphatic carbocycles. The largest absolute Gasteiger partial charge is 0.352 e. The van der Waals surface area contributed by atoms with Gasteiger partial charge in [0.1, 0.15) is 6.04 Å². The molecule has 9 heteroatoms. The van der Waals surface area contributed by atoms with Gasteiger partial charge in [-0.25, -0.2) is 8.42 Å². The number of nitrogens with one attached hydrogen (secondary N) is 1. The molecule has 1 fully saturated rings. The average Bonchev–Trinajstić information content (AvgIpc) is 2.91. The number of carbonyl (C=O) groups is 2. The monoisotopic (exact) mass is 575 g/mol. The maximum absolute atomic E-state index is 13.6. The third-order valence-corrected chi connectivity index (χ3v) is 9.07. The Hall–Kier alpha value is -2.58. The summed E-state index contributed by atoms with van der Waals surface area (Å²) in [6, 6.07) is 14.7. The predicted octanol–water partition coefficient (Wildman–Crippen LogP) is 5.49. The second-order valence-corrected chi connectivity index (χ2v) is 12.7. The summed E-state index contributed by atoms with van der Waals surface area (Å²) in [4.78, 5) is 28.7. The quantitative estimate of drug-likeness (QED) is 0.342. The second-order valence-electron chi connectivity index (χ2n) is 10.4. The van der Waals surface area contributed by atoms with Crippen molar-refractivity contribution < 1.29 is 18.0 Å². The Balaban J connectivity index is 1.73. The van der Waals surface area contributed by atoms with E-state index < -0.39 is 16.1 Å². The normalized spacial score (nSPS) is 15.0. The Morgan fingerprint density at radius 2 is 1.72 bits per heavy atom. The van der Waals surface area contributed by atoms with Gasteiger partial charge in [0.2, 0.25) is 21.8 Å². The number of hydrogen-bond acceptors (Lipinski definition) is 4. The summed E-state index contributed by atoms with van der Waals surface area (Å²) < 4.78 is 26.6. The third-order valence-electron chi connectivity index (χ3n) is 7.48. The minimum Gasteiger partial charge on any atom is -0.352 e. The van der Waals surface area contributed by atoms with Crippen LogP contribution >= 0.6 is 11.6 Å². The Bertz CT molecular complexity index is 1200. The van der Waals surface area contributed by atoms with Crippen LogP contribution in [-0.4, -0.2) is 56.6 Å². The Labute approximate surface area is 239 Å². The summed E-state index contributed by atoms with van der Waals surface area (Å²) in [5.74, 6) is -0.244. The fourth-order valence-corrected chi connectivity index (χ4v) is 6.47. The molecule has 0 spiro atoms. The van der Waals surface area contributed by atoms with Gasteiger partial charge < -0.3 is 10.2 Å². The van der Waals surface area contributed by atoms with E-state index in [4.69, 9.17) is 11.6 Å². The van der Waals surface area contributed by atoms with Gasteiger partial charge in [-0.1, -0.05) is 74.2 Å². The van der Waals surface area contributed by atoms with Gasteiger partial charge in [0.25, 0.3) is 0 Å². The lowest BCUT2D eigenvalue weighted by atomic mass is 9.95. The van der Waals surface area contributed by atoms with E-state index in [1.165, 1.54) is 10.7 Å². The average molecular weight is 576 g/mol. The van der Waals surface area contributed by atoms with E-state index in [2.05, 4.69) is 5.32 Å². The van der Waals surface area contributed by atoms with E-state index in [1.807, 2.05) is 37.3 Å². The van der Waals surface area contributed by atoms with Crippen molar-refractivity contribution in [2.24, 2.45) is 0 Å². The molecule has 7 nitrogen and oxygen atoms in total. The van der Waals surface area contributed by atoms with Gasteiger partial charge in [0.15, 0.2) is 0 Å². The van der Waals surface area contributed by atoms with Crippen LogP contribution in [0, 0.1) is 6.92 Å². The van der Waals surface area contributed by atoms with Crippen molar-refractivity contribution in [1.82, 2.24) is 10.2 Å². The highest BCUT2D eigenvalue weighted by atomic mass is 35.5. The summed E-state index contributed by atoms with van der Waals surface area (Å²) >= 11 is 6.25. The molecular weight excluding hydrogens is 534 g/mol. The molecule has 0 radical (unpaired) electrons. The van der Waals surface area contributed by atoms with Crippen molar-refractivity contribution in [3.63, 3.8) is 0 Å². The molecule has 1 N–H and O–H groups in total. The van der Waals surface area contributed by atoms with Gasteiger partial charge >= 0.3 is 0 Å². The standard InChI is InChI=1S/C30H42ClN3O4S/c1-4-27(30(36)32-25-15-9-6-10-16-25)33(22-20-24-13-7-5-8-14-24)29(35)19-12-21-34(39(3,37)38)28-18-11-17-26(31)23(28)2/h5,7-8,11,13-14,17-18,25,27H,4,6,9-10,12,15-16,19-22H2,1-3H3,(H,32,36)/t27-/m0/s1. The van der Waals surface area contributed by atoms with Crippen molar-refractivity contribution in [2.75, 3.05) is 23.7 Å². The molecule has 3 rings (SSSR count). The summed E-state index contributed by atoms with van der Waals surface area (Å²) in [5.41, 5.74) is 2.28. The minimum absolute atomic E-state index is 0.0990. The van der Waals surface area contributed by atoms with Gasteiger partial charge in [-0.15, -0.1) is 0 Å². The smallest absolute Gasteiger partial charge is 0.243 e. The highest BCUT2D eigenvalue weighted by Crippen LogP contribution is 2.28. The van der Waals surface area contributed by atoms with E-state index in [-0.39, 0.29) is 30.8 Å². The van der Waals surface area contributed by atoms with Crippen molar-refractivity contribution >= 4 is 39.1 Å².